The molecule has 346 valence electrons. The van der Waals surface area contributed by atoms with E-state index in [1.54, 1.807) is 0 Å². The Bertz CT molecular complexity index is 958. The van der Waals surface area contributed by atoms with E-state index < -0.39 is 6.10 Å². The molecule has 6 heteroatoms. The zero-order chi connectivity index (χ0) is 43.0. The summed E-state index contributed by atoms with van der Waals surface area (Å²) >= 11 is 0. The van der Waals surface area contributed by atoms with Crippen molar-refractivity contribution in [2.24, 2.45) is 0 Å². The van der Waals surface area contributed by atoms with Crippen LogP contribution in [0.25, 0.3) is 0 Å². The summed E-state index contributed by atoms with van der Waals surface area (Å²) in [5.74, 6) is -0.879. The van der Waals surface area contributed by atoms with Crippen molar-refractivity contribution in [2.75, 3.05) is 13.2 Å². The van der Waals surface area contributed by atoms with Crippen LogP contribution in [0.1, 0.15) is 278 Å². The fourth-order valence-electron chi connectivity index (χ4n) is 7.49. The smallest absolute Gasteiger partial charge is 0.306 e. The molecule has 0 rings (SSSR count). The van der Waals surface area contributed by atoms with Crippen LogP contribution in [0.5, 0.6) is 0 Å². The van der Waals surface area contributed by atoms with E-state index in [-0.39, 0.29) is 31.1 Å². The maximum atomic E-state index is 12.8. The molecule has 0 spiro atoms. The van der Waals surface area contributed by atoms with Crippen LogP contribution in [-0.4, -0.2) is 37.2 Å². The quantitative estimate of drug-likeness (QED) is 0.0263. The van der Waals surface area contributed by atoms with Crippen molar-refractivity contribution in [2.45, 2.75) is 284 Å². The van der Waals surface area contributed by atoms with Crippen LogP contribution in [0.3, 0.4) is 0 Å². The minimum Gasteiger partial charge on any atom is -0.462 e. The summed E-state index contributed by atoms with van der Waals surface area (Å²) in [6, 6.07) is 0. The molecule has 0 radical (unpaired) electrons. The molecule has 0 fully saturated rings. The van der Waals surface area contributed by atoms with E-state index in [9.17, 15) is 14.4 Å². The Morgan fingerprint density at radius 2 is 0.559 bits per heavy atom. The van der Waals surface area contributed by atoms with Crippen LogP contribution < -0.4 is 0 Å². The van der Waals surface area contributed by atoms with Crippen molar-refractivity contribution in [3.63, 3.8) is 0 Å². The van der Waals surface area contributed by atoms with Gasteiger partial charge in [0.1, 0.15) is 13.2 Å². The fourth-order valence-corrected chi connectivity index (χ4v) is 7.49. The van der Waals surface area contributed by atoms with Crippen molar-refractivity contribution < 1.29 is 28.6 Å². The number of carbonyl (C=O) groups excluding carboxylic acids is 3. The lowest BCUT2D eigenvalue weighted by molar-refractivity contribution is -0.167. The molecule has 0 aliphatic carbocycles. The Hall–Kier alpha value is -2.11. The summed E-state index contributed by atoms with van der Waals surface area (Å²) in [7, 11) is 0. The van der Waals surface area contributed by atoms with E-state index in [1.165, 1.54) is 167 Å². The number of carbonyl (C=O) groups is 3. The summed E-state index contributed by atoms with van der Waals surface area (Å²) in [5, 5.41) is 0. The third-order valence-corrected chi connectivity index (χ3v) is 11.4. The second-order valence-electron chi connectivity index (χ2n) is 17.4. The predicted molar refractivity (Wildman–Crippen MR) is 252 cm³/mol. The molecule has 0 N–H and O–H groups in total. The van der Waals surface area contributed by atoms with Crippen LogP contribution in [0, 0.1) is 0 Å². The van der Waals surface area contributed by atoms with Gasteiger partial charge in [0.25, 0.3) is 0 Å². The number of esters is 3. The van der Waals surface area contributed by atoms with Crippen molar-refractivity contribution in [3.8, 4) is 0 Å². The van der Waals surface area contributed by atoms with Gasteiger partial charge in [-0.3, -0.25) is 14.4 Å². The summed E-state index contributed by atoms with van der Waals surface area (Å²) in [6.07, 6.45) is 54.4. The predicted octanol–water partition coefficient (Wildman–Crippen LogP) is 16.8. The molecule has 0 aromatic carbocycles. The summed E-state index contributed by atoms with van der Waals surface area (Å²) < 4.78 is 16.8. The van der Waals surface area contributed by atoms with E-state index in [0.717, 1.165) is 70.6 Å². The number of rotatable bonds is 47. The van der Waals surface area contributed by atoms with Gasteiger partial charge in [-0.1, -0.05) is 212 Å². The van der Waals surface area contributed by atoms with Gasteiger partial charge in [0.2, 0.25) is 0 Å². The second kappa shape index (κ2) is 48.6. The molecule has 1 atom stereocenters. The Morgan fingerprint density at radius 1 is 0.322 bits per heavy atom. The first-order chi connectivity index (χ1) is 29.0. The van der Waals surface area contributed by atoms with Crippen LogP contribution in [0.15, 0.2) is 24.3 Å². The number of allylic oxidation sites excluding steroid dienone is 4. The average molecular weight is 831 g/mol. The van der Waals surface area contributed by atoms with Crippen molar-refractivity contribution in [1.82, 2.24) is 0 Å². The zero-order valence-electron chi connectivity index (χ0n) is 39.5. The Balaban J connectivity index is 4.36. The molecule has 0 aromatic rings. The third kappa shape index (κ3) is 46.8. The monoisotopic (exact) mass is 831 g/mol. The Kier molecular flexibility index (Phi) is 46.8. The van der Waals surface area contributed by atoms with Crippen LogP contribution in [0.4, 0.5) is 0 Å². The largest absolute Gasteiger partial charge is 0.462 e. The first-order valence-corrected chi connectivity index (χ1v) is 25.8. The van der Waals surface area contributed by atoms with E-state index in [2.05, 4.69) is 45.1 Å². The lowest BCUT2D eigenvalue weighted by atomic mass is 10.0. The van der Waals surface area contributed by atoms with Gasteiger partial charge in [-0.05, 0) is 70.6 Å². The highest BCUT2D eigenvalue weighted by molar-refractivity contribution is 5.71. The van der Waals surface area contributed by atoms with Gasteiger partial charge in [0.15, 0.2) is 6.10 Å². The minimum atomic E-state index is -0.773. The van der Waals surface area contributed by atoms with Gasteiger partial charge in [0.05, 0.1) is 0 Å². The lowest BCUT2D eigenvalue weighted by Gasteiger charge is -2.18. The maximum Gasteiger partial charge on any atom is 0.306 e. The third-order valence-electron chi connectivity index (χ3n) is 11.4. The summed E-state index contributed by atoms with van der Waals surface area (Å²) in [6.45, 7) is 6.62. The van der Waals surface area contributed by atoms with Crippen LogP contribution in [0.2, 0.25) is 0 Å². The fraction of sp³-hybridized carbons (Fsp3) is 0.868. The molecule has 0 aliphatic heterocycles. The van der Waals surface area contributed by atoms with Crippen molar-refractivity contribution >= 4 is 17.9 Å². The number of unbranched alkanes of at least 4 members (excludes halogenated alkanes) is 32. The van der Waals surface area contributed by atoms with Gasteiger partial charge < -0.3 is 14.2 Å². The van der Waals surface area contributed by atoms with E-state index in [1.807, 2.05) is 0 Å². The van der Waals surface area contributed by atoms with Crippen molar-refractivity contribution in [1.29, 1.82) is 0 Å². The highest BCUT2D eigenvalue weighted by Gasteiger charge is 2.19. The summed E-state index contributed by atoms with van der Waals surface area (Å²) in [5.41, 5.74) is 0. The normalized spacial score (nSPS) is 12.1. The molecule has 0 unspecified atom stereocenters. The molecular weight excluding hydrogens is 733 g/mol. The second-order valence-corrected chi connectivity index (χ2v) is 17.4. The van der Waals surface area contributed by atoms with Crippen LogP contribution >= 0.6 is 0 Å². The molecule has 0 aromatic heterocycles. The molecule has 0 saturated carbocycles. The van der Waals surface area contributed by atoms with Gasteiger partial charge in [0, 0.05) is 19.3 Å². The maximum absolute atomic E-state index is 12.8. The highest BCUT2D eigenvalue weighted by Crippen LogP contribution is 2.15. The van der Waals surface area contributed by atoms with E-state index in [0.29, 0.717) is 19.3 Å². The number of hydrogen-bond acceptors (Lipinski definition) is 6. The molecule has 0 amide bonds. The van der Waals surface area contributed by atoms with Gasteiger partial charge in [-0.2, -0.15) is 0 Å². The minimum absolute atomic E-state index is 0.0736. The molecule has 0 heterocycles. The number of hydrogen-bond donors (Lipinski definition) is 0. The molecule has 6 nitrogen and oxygen atoms in total. The van der Waals surface area contributed by atoms with E-state index >= 15 is 0 Å². The Labute approximate surface area is 366 Å². The average Bonchev–Trinajstić information content (AvgIpc) is 3.23. The zero-order valence-corrected chi connectivity index (χ0v) is 39.5. The van der Waals surface area contributed by atoms with Gasteiger partial charge >= 0.3 is 17.9 Å². The molecule has 59 heavy (non-hydrogen) atoms. The number of ether oxygens (including phenoxy) is 3. The van der Waals surface area contributed by atoms with Crippen molar-refractivity contribution in [3.05, 3.63) is 24.3 Å². The SMILES string of the molecule is CCCCCC/C=C\CCCCCCCC(=O)O[C@H](COC(=O)CCCCCCC/C=C\CCCCCCCC)COC(=O)CCCCCCCCCCCCCCC. The van der Waals surface area contributed by atoms with E-state index in [4.69, 9.17) is 14.2 Å². The molecular formula is C53H98O6. The van der Waals surface area contributed by atoms with Crippen LogP contribution in [-0.2, 0) is 28.6 Å². The highest BCUT2D eigenvalue weighted by atomic mass is 16.6. The topological polar surface area (TPSA) is 78.9 Å². The Morgan fingerprint density at radius 3 is 0.864 bits per heavy atom. The first-order valence-electron chi connectivity index (χ1n) is 25.8. The lowest BCUT2D eigenvalue weighted by Crippen LogP contribution is -2.30. The van der Waals surface area contributed by atoms with Gasteiger partial charge in [-0.15, -0.1) is 0 Å². The summed E-state index contributed by atoms with van der Waals surface area (Å²) in [4.78, 5) is 37.9. The first kappa shape index (κ1) is 56.9. The molecule has 0 bridgehead atoms. The molecule has 0 aliphatic rings. The molecule has 0 saturated heterocycles. The standard InChI is InChI=1S/C53H98O6/c1-4-7-10-13-16-19-22-25-26-29-31-34-37-40-43-46-52(55)58-49-50(59-53(56)47-44-41-38-35-32-28-24-21-18-15-12-9-6-3)48-57-51(54)45-42-39-36-33-30-27-23-20-17-14-11-8-5-2/h21,24-26,50H,4-20,22-23,27-49H2,1-3H3/b24-21-,26-25-/t50-/m0/s1. The van der Waals surface area contributed by atoms with Gasteiger partial charge in [-0.25, -0.2) is 0 Å².